The first-order valence-electron chi connectivity index (χ1n) is 23.9. The third kappa shape index (κ3) is 8.07. The highest BCUT2D eigenvalue weighted by Crippen LogP contribution is 2.50. The van der Waals surface area contributed by atoms with E-state index in [0.717, 1.165) is 100 Å². The van der Waals surface area contributed by atoms with Crippen molar-refractivity contribution < 1.29 is 17.6 Å². The van der Waals surface area contributed by atoms with Gasteiger partial charge in [-0.25, -0.2) is 17.6 Å². The van der Waals surface area contributed by atoms with E-state index in [2.05, 4.69) is 147 Å². The average molecular weight is 941 g/mol. The van der Waals surface area contributed by atoms with E-state index < -0.39 is 23.3 Å². The lowest BCUT2D eigenvalue weighted by Crippen LogP contribution is -2.14. The zero-order valence-electron chi connectivity index (χ0n) is 39.3. The smallest absolute Gasteiger partial charge is 0.150 e. The van der Waals surface area contributed by atoms with E-state index >= 15 is 8.78 Å². The highest BCUT2D eigenvalue weighted by Gasteiger charge is 2.26. The molecule has 0 spiro atoms. The summed E-state index contributed by atoms with van der Waals surface area (Å²) in [6, 6.07) is 73.0. The summed E-state index contributed by atoms with van der Waals surface area (Å²) in [5, 5.41) is 5.34. The molecule has 0 bridgehead atoms. The van der Waals surface area contributed by atoms with Gasteiger partial charge < -0.3 is 9.80 Å². The van der Waals surface area contributed by atoms with Gasteiger partial charge in [0.2, 0.25) is 0 Å². The Morgan fingerprint density at radius 2 is 0.611 bits per heavy atom. The minimum absolute atomic E-state index is 0.174. The Balaban J connectivity index is 1.12. The Labute approximate surface area is 415 Å². The van der Waals surface area contributed by atoms with Gasteiger partial charge in [-0.3, -0.25) is 0 Å². The Bertz CT molecular complexity index is 3720. The van der Waals surface area contributed by atoms with Gasteiger partial charge in [0.05, 0.1) is 22.7 Å². The van der Waals surface area contributed by atoms with Crippen LogP contribution in [0.3, 0.4) is 0 Å². The molecule has 0 fully saturated rings. The quantitative estimate of drug-likeness (QED) is 0.0996. The number of halogens is 4. The molecule has 0 saturated carbocycles. The number of benzene rings is 12. The zero-order valence-corrected chi connectivity index (χ0v) is 39.3. The van der Waals surface area contributed by atoms with E-state index in [1.165, 1.54) is 24.3 Å². The van der Waals surface area contributed by atoms with Crippen LogP contribution < -0.4 is 9.80 Å². The van der Waals surface area contributed by atoms with Crippen LogP contribution in [0.5, 0.6) is 0 Å². The van der Waals surface area contributed by atoms with E-state index in [1.54, 1.807) is 0 Å². The largest absolute Gasteiger partial charge is 0.307 e. The summed E-state index contributed by atoms with van der Waals surface area (Å²) < 4.78 is 63.0. The van der Waals surface area contributed by atoms with Crippen molar-refractivity contribution in [3.63, 3.8) is 0 Å². The second kappa shape index (κ2) is 18.1. The van der Waals surface area contributed by atoms with Crippen molar-refractivity contribution in [3.05, 3.63) is 265 Å². The summed E-state index contributed by atoms with van der Waals surface area (Å²) in [6.45, 7) is 4.10. The number of hydrogen-bond donors (Lipinski definition) is 0. The molecule has 72 heavy (non-hydrogen) atoms. The van der Waals surface area contributed by atoms with Gasteiger partial charge in [-0.1, -0.05) is 157 Å². The Morgan fingerprint density at radius 3 is 0.972 bits per heavy atom. The van der Waals surface area contributed by atoms with Crippen molar-refractivity contribution in [2.75, 3.05) is 9.80 Å². The number of nitrogens with zero attached hydrogens (tertiary/aromatic N) is 2. The van der Waals surface area contributed by atoms with Crippen molar-refractivity contribution >= 4 is 66.4 Å². The van der Waals surface area contributed by atoms with E-state index in [9.17, 15) is 8.78 Å². The second-order valence-electron chi connectivity index (χ2n) is 18.5. The van der Waals surface area contributed by atoms with Crippen molar-refractivity contribution in [2.24, 2.45) is 0 Å². The number of rotatable bonds is 10. The highest BCUT2D eigenvalue weighted by molar-refractivity contribution is 6.28. The number of aryl methyl sites for hydroxylation is 2. The molecule has 0 atom stereocenters. The zero-order chi connectivity index (χ0) is 49.0. The first-order valence-corrected chi connectivity index (χ1v) is 23.9. The van der Waals surface area contributed by atoms with Gasteiger partial charge in [0, 0.05) is 34.3 Å². The van der Waals surface area contributed by atoms with Crippen LogP contribution in [0.1, 0.15) is 11.1 Å². The molecule has 0 saturated heterocycles. The van der Waals surface area contributed by atoms with Crippen LogP contribution in [-0.2, 0) is 0 Å². The molecule has 6 heteroatoms. The molecule has 0 aromatic heterocycles. The lowest BCUT2D eigenvalue weighted by Gasteiger charge is -2.30. The summed E-state index contributed by atoms with van der Waals surface area (Å²) in [4.78, 5) is 3.77. The predicted octanol–water partition coefficient (Wildman–Crippen LogP) is 19.4. The maximum atomic E-state index is 16.6. The van der Waals surface area contributed by atoms with Crippen molar-refractivity contribution in [1.82, 2.24) is 0 Å². The second-order valence-corrected chi connectivity index (χ2v) is 18.5. The van der Waals surface area contributed by atoms with E-state index in [1.807, 2.05) is 70.5 Å². The fourth-order valence-corrected chi connectivity index (χ4v) is 10.2. The Hall–Kier alpha value is -9.00. The molecule has 2 nitrogen and oxygen atoms in total. The fraction of sp³-hybridized carbons (Fsp3) is 0.0303. The van der Waals surface area contributed by atoms with Gasteiger partial charge in [0.25, 0.3) is 0 Å². The van der Waals surface area contributed by atoms with Crippen LogP contribution in [0.25, 0.3) is 76.8 Å². The first-order chi connectivity index (χ1) is 35.1. The SMILES string of the molecule is Cc1ccc(-c2cc(-c3ccccc3)cc(N(c3ccc(F)cc3F)c3ccc4ccc5c(N(c6cc(-c7ccccc7)cc(-c7ccc(C)cc7)c6)c6ccc(F)cc6F)ccc6ccc3c4c65)c2)cc1. The van der Waals surface area contributed by atoms with Gasteiger partial charge in [-0.15, -0.1) is 0 Å². The molecular formula is C66H44F4N2. The molecule has 346 valence electrons. The summed E-state index contributed by atoms with van der Waals surface area (Å²) >= 11 is 0. The molecule has 0 radical (unpaired) electrons. The molecule has 0 N–H and O–H groups in total. The molecular weight excluding hydrogens is 897 g/mol. The summed E-state index contributed by atoms with van der Waals surface area (Å²) in [5.41, 5.74) is 13.0. The van der Waals surface area contributed by atoms with E-state index in [-0.39, 0.29) is 11.4 Å². The summed E-state index contributed by atoms with van der Waals surface area (Å²) in [5.74, 6) is -2.80. The average Bonchev–Trinajstić information content (AvgIpc) is 3.40. The van der Waals surface area contributed by atoms with Gasteiger partial charge in [0.1, 0.15) is 23.3 Å². The van der Waals surface area contributed by atoms with E-state index in [0.29, 0.717) is 22.7 Å². The van der Waals surface area contributed by atoms with Crippen LogP contribution in [-0.4, -0.2) is 0 Å². The van der Waals surface area contributed by atoms with Gasteiger partial charge in [0.15, 0.2) is 0 Å². The molecule has 0 heterocycles. The van der Waals surface area contributed by atoms with Crippen molar-refractivity contribution in [2.45, 2.75) is 13.8 Å². The molecule has 12 aromatic carbocycles. The lowest BCUT2D eigenvalue weighted by molar-refractivity contribution is 0.583. The topological polar surface area (TPSA) is 6.48 Å². The van der Waals surface area contributed by atoms with Crippen LogP contribution in [0.15, 0.2) is 231 Å². The standard InChI is InChI=1S/C66H44F4N2/c1-41-13-17-45(18-14-41)51-33-49(43-9-5-3-6-10-43)35-55(37-51)71(63-31-25-53(67)39-59(63)69)61-29-23-47-22-28-58-62(30-24-48-21-27-57(61)65(47)66(48)58)72(64-32-26-54(68)40-60(64)70)56-36-50(44-11-7-4-8-12-44)34-52(38-56)46-19-15-42(2)16-20-46/h3-40H,1-2H3. The van der Waals surface area contributed by atoms with Crippen molar-refractivity contribution in [1.29, 1.82) is 0 Å². The Morgan fingerprint density at radius 1 is 0.278 bits per heavy atom. The monoisotopic (exact) mass is 940 g/mol. The molecule has 0 aliphatic heterocycles. The summed E-state index contributed by atoms with van der Waals surface area (Å²) in [6.07, 6.45) is 0. The van der Waals surface area contributed by atoms with Gasteiger partial charge in [-0.2, -0.15) is 0 Å². The number of hydrogen-bond acceptors (Lipinski definition) is 2. The minimum atomic E-state index is -0.718. The molecule has 0 amide bonds. The maximum absolute atomic E-state index is 16.6. The van der Waals surface area contributed by atoms with Crippen LogP contribution in [0, 0.1) is 37.1 Å². The van der Waals surface area contributed by atoms with Crippen LogP contribution >= 0.6 is 0 Å². The molecule has 12 rings (SSSR count). The molecule has 0 aliphatic carbocycles. The van der Waals surface area contributed by atoms with E-state index in [4.69, 9.17) is 0 Å². The minimum Gasteiger partial charge on any atom is -0.307 e. The summed E-state index contributed by atoms with van der Waals surface area (Å²) in [7, 11) is 0. The van der Waals surface area contributed by atoms with Gasteiger partial charge in [-0.05, 0) is 153 Å². The lowest BCUT2D eigenvalue weighted by atomic mass is 9.91. The van der Waals surface area contributed by atoms with Gasteiger partial charge >= 0.3 is 0 Å². The van der Waals surface area contributed by atoms with Crippen LogP contribution in [0.2, 0.25) is 0 Å². The highest BCUT2D eigenvalue weighted by atomic mass is 19.1. The molecule has 0 unspecified atom stereocenters. The molecule has 12 aromatic rings. The maximum Gasteiger partial charge on any atom is 0.150 e. The third-order valence-corrected chi connectivity index (χ3v) is 13.7. The first kappa shape index (κ1) is 44.2. The Kier molecular flexibility index (Phi) is 11.1. The normalized spacial score (nSPS) is 11.5. The fourth-order valence-electron chi connectivity index (χ4n) is 10.2. The van der Waals surface area contributed by atoms with Crippen LogP contribution in [0.4, 0.5) is 51.7 Å². The number of anilines is 6. The predicted molar refractivity (Wildman–Crippen MR) is 291 cm³/mol. The molecule has 0 aliphatic rings. The van der Waals surface area contributed by atoms with Crippen molar-refractivity contribution in [3.8, 4) is 44.5 Å². The third-order valence-electron chi connectivity index (χ3n) is 13.7.